The van der Waals surface area contributed by atoms with Crippen LogP contribution in [0.15, 0.2) is 5.54 Å². The summed E-state index contributed by atoms with van der Waals surface area (Å²) in [5.74, 6) is 0.275. The minimum absolute atomic E-state index is 0.236. The fraction of sp³-hybridized carbons (Fsp3) is 0. The van der Waals surface area contributed by atoms with E-state index in [0.717, 1.165) is 17.1 Å². The zero-order valence-corrected chi connectivity index (χ0v) is 6.89. The van der Waals surface area contributed by atoms with E-state index in [9.17, 15) is 4.79 Å². The van der Waals surface area contributed by atoms with Crippen LogP contribution in [0.25, 0.3) is 5.57 Å². The summed E-state index contributed by atoms with van der Waals surface area (Å²) in [6.07, 6.45) is 0.578. The molecule has 58 valence electrons. The summed E-state index contributed by atoms with van der Waals surface area (Å²) in [6.45, 7) is 0. The summed E-state index contributed by atoms with van der Waals surface area (Å²) in [6, 6.07) is 0. The van der Waals surface area contributed by atoms with Crippen molar-refractivity contribution in [2.24, 2.45) is 0 Å². The van der Waals surface area contributed by atoms with Crippen molar-refractivity contribution in [3.05, 3.63) is 11.4 Å². The number of rotatable bonds is 2. The van der Waals surface area contributed by atoms with Gasteiger partial charge in [0.05, 0.1) is 5.57 Å². The quantitative estimate of drug-likeness (QED) is 0.555. The molecule has 0 aromatic carbocycles. The van der Waals surface area contributed by atoms with Crippen molar-refractivity contribution in [1.29, 1.82) is 0 Å². The van der Waals surface area contributed by atoms with E-state index in [-0.39, 0.29) is 11.4 Å². The van der Waals surface area contributed by atoms with Crippen molar-refractivity contribution >= 4 is 40.1 Å². The van der Waals surface area contributed by atoms with E-state index in [1.54, 1.807) is 0 Å². The molecule has 0 saturated carbocycles. The second kappa shape index (κ2) is 3.45. The lowest BCUT2D eigenvalue weighted by Gasteiger charge is -1.85. The van der Waals surface area contributed by atoms with Crippen molar-refractivity contribution in [2.45, 2.75) is 0 Å². The van der Waals surface area contributed by atoms with Gasteiger partial charge in [0.15, 0.2) is 17.2 Å². The number of hydrogen-bond donors (Lipinski definition) is 1. The molecule has 0 amide bonds. The van der Waals surface area contributed by atoms with Crippen molar-refractivity contribution < 1.29 is 4.79 Å². The van der Waals surface area contributed by atoms with Gasteiger partial charge in [-0.25, -0.2) is 0 Å². The maximum Gasteiger partial charge on any atom is 0.200 e. The van der Waals surface area contributed by atoms with Gasteiger partial charge in [-0.15, -0.1) is 0 Å². The third-order valence-electron chi connectivity index (χ3n) is 0.944. The van der Waals surface area contributed by atoms with E-state index in [1.165, 1.54) is 0 Å². The Morgan fingerprint density at radius 2 is 2.45 bits per heavy atom. The molecule has 1 aromatic heterocycles. The zero-order chi connectivity index (χ0) is 8.27. The van der Waals surface area contributed by atoms with Crippen molar-refractivity contribution in [1.82, 2.24) is 9.36 Å². The van der Waals surface area contributed by atoms with Gasteiger partial charge >= 0.3 is 0 Å². The molecule has 0 radical (unpaired) electrons. The number of allylic oxidation sites excluding steroid dienone is 1. The first-order valence-electron chi connectivity index (χ1n) is 2.63. The van der Waals surface area contributed by atoms with Gasteiger partial charge in [-0.2, -0.15) is 9.36 Å². The van der Waals surface area contributed by atoms with E-state index >= 15 is 0 Å². The van der Waals surface area contributed by atoms with Crippen LogP contribution in [-0.2, 0) is 4.79 Å². The van der Waals surface area contributed by atoms with E-state index < -0.39 is 0 Å². The molecule has 0 spiro atoms. The third-order valence-corrected chi connectivity index (χ3v) is 1.72. The van der Waals surface area contributed by atoms with E-state index in [2.05, 4.69) is 9.36 Å². The van der Waals surface area contributed by atoms with Crippen LogP contribution in [0.3, 0.4) is 0 Å². The van der Waals surface area contributed by atoms with Gasteiger partial charge in [-0.3, -0.25) is 4.79 Å². The van der Waals surface area contributed by atoms with Gasteiger partial charge in [-0.05, 0) is 0 Å². The number of aromatic nitrogens is 2. The lowest BCUT2D eigenvalue weighted by molar-refractivity contribution is -0.103. The van der Waals surface area contributed by atoms with E-state index in [1.807, 2.05) is 0 Å². The normalized spacial score (nSPS) is 11.5. The average Bonchev–Trinajstić information content (AvgIpc) is 2.39. The summed E-state index contributed by atoms with van der Waals surface area (Å²) in [4.78, 5) is 14.0. The van der Waals surface area contributed by atoms with Gasteiger partial charge in [0, 0.05) is 17.1 Å². The molecular formula is C5H4ClN3OS. The molecule has 0 aliphatic heterocycles. The molecular weight excluding hydrogens is 186 g/mol. The number of carbonyl (C=O) groups is 1. The highest BCUT2D eigenvalue weighted by Crippen LogP contribution is 2.13. The monoisotopic (exact) mass is 189 g/mol. The van der Waals surface area contributed by atoms with Gasteiger partial charge < -0.3 is 5.73 Å². The highest BCUT2D eigenvalue weighted by atomic mass is 35.5. The summed E-state index contributed by atoms with van der Waals surface area (Å²) in [5.41, 5.74) is 6.64. The zero-order valence-electron chi connectivity index (χ0n) is 5.32. The van der Waals surface area contributed by atoms with Crippen LogP contribution in [0.1, 0.15) is 5.82 Å². The molecule has 11 heavy (non-hydrogen) atoms. The molecule has 0 atom stereocenters. The van der Waals surface area contributed by atoms with Crippen LogP contribution < -0.4 is 5.73 Å². The second-order valence-electron chi connectivity index (χ2n) is 1.64. The molecule has 0 unspecified atom stereocenters. The first-order valence-corrected chi connectivity index (χ1v) is 3.84. The fourth-order valence-electron chi connectivity index (χ4n) is 0.480. The molecule has 6 heteroatoms. The second-order valence-corrected chi connectivity index (χ2v) is 2.64. The minimum Gasteiger partial charge on any atom is -0.374 e. The Morgan fingerprint density at radius 3 is 2.82 bits per heavy atom. The number of hydrogen-bond acceptors (Lipinski definition) is 5. The predicted molar refractivity (Wildman–Crippen MR) is 44.2 cm³/mol. The van der Waals surface area contributed by atoms with E-state index in [4.69, 9.17) is 17.3 Å². The molecule has 0 saturated heterocycles. The highest BCUT2D eigenvalue weighted by molar-refractivity contribution is 7.09. The van der Waals surface area contributed by atoms with Crippen LogP contribution in [0.2, 0.25) is 0 Å². The summed E-state index contributed by atoms with van der Waals surface area (Å²) in [7, 11) is 0. The topological polar surface area (TPSA) is 68.9 Å². The lowest BCUT2D eigenvalue weighted by atomic mass is 10.3. The Morgan fingerprint density at radius 1 is 1.73 bits per heavy atom. The smallest absolute Gasteiger partial charge is 0.200 e. The van der Waals surface area contributed by atoms with Crippen LogP contribution >= 0.6 is 23.1 Å². The van der Waals surface area contributed by atoms with Gasteiger partial charge in [0.1, 0.15) is 0 Å². The fourth-order valence-corrected chi connectivity index (χ4v) is 1.08. The summed E-state index contributed by atoms with van der Waals surface area (Å²) in [5, 5.41) is 0.317. The average molecular weight is 190 g/mol. The molecule has 4 nitrogen and oxygen atoms in total. The molecule has 0 aliphatic rings. The van der Waals surface area contributed by atoms with Crippen LogP contribution in [0, 0.1) is 0 Å². The van der Waals surface area contributed by atoms with Crippen molar-refractivity contribution in [3.63, 3.8) is 0 Å². The molecule has 1 rings (SSSR count). The number of nitrogen functional groups attached to an aromatic ring is 1. The van der Waals surface area contributed by atoms with Gasteiger partial charge in [0.25, 0.3) is 0 Å². The lowest BCUT2D eigenvalue weighted by Crippen LogP contribution is -1.88. The SMILES string of the molecule is Nc1nc(C(C=O)=CCl)ns1. The molecule has 0 bridgehead atoms. The summed E-state index contributed by atoms with van der Waals surface area (Å²) >= 11 is 6.32. The largest absolute Gasteiger partial charge is 0.374 e. The first-order chi connectivity index (χ1) is 5.27. The molecule has 1 aromatic rings. The Balaban J connectivity index is 3.00. The number of halogens is 1. The Labute approximate surface area is 71.9 Å². The standard InChI is InChI=1S/C5H4ClN3OS/c6-1-3(2-10)4-8-5(7)11-9-4/h1-2H,(H2,7,8,9). The molecule has 0 aliphatic carbocycles. The number of anilines is 1. The van der Waals surface area contributed by atoms with Gasteiger partial charge in [0.2, 0.25) is 0 Å². The maximum absolute atomic E-state index is 10.3. The molecule has 1 heterocycles. The number of nitrogens with zero attached hydrogens (tertiary/aromatic N) is 2. The Kier molecular flexibility index (Phi) is 2.56. The van der Waals surface area contributed by atoms with Crippen LogP contribution in [0.4, 0.5) is 5.13 Å². The van der Waals surface area contributed by atoms with Crippen LogP contribution in [-0.4, -0.2) is 15.6 Å². The first kappa shape index (κ1) is 8.16. The van der Waals surface area contributed by atoms with E-state index in [0.29, 0.717) is 11.4 Å². The third kappa shape index (κ3) is 1.75. The Bertz CT molecular complexity index is 296. The van der Waals surface area contributed by atoms with Gasteiger partial charge in [-0.1, -0.05) is 11.6 Å². The van der Waals surface area contributed by atoms with Crippen LogP contribution in [0.5, 0.6) is 0 Å². The molecule has 0 fully saturated rings. The Hall–Kier alpha value is -0.940. The molecule has 2 N–H and O–H groups in total. The summed E-state index contributed by atoms with van der Waals surface area (Å²) < 4.78 is 3.78. The van der Waals surface area contributed by atoms with Crippen molar-refractivity contribution in [3.8, 4) is 0 Å². The van der Waals surface area contributed by atoms with Crippen molar-refractivity contribution in [2.75, 3.05) is 5.73 Å². The predicted octanol–water partition coefficient (Wildman–Crippen LogP) is 0.899. The number of aldehydes is 1. The minimum atomic E-state index is 0.236. The highest BCUT2D eigenvalue weighted by Gasteiger charge is 2.05. The number of carbonyl (C=O) groups excluding carboxylic acids is 1. The number of nitrogens with two attached hydrogens (primary N) is 1. The maximum atomic E-state index is 10.3.